The maximum absolute atomic E-state index is 3.78. The van der Waals surface area contributed by atoms with E-state index in [1.807, 2.05) is 0 Å². The highest BCUT2D eigenvalue weighted by atomic mass is 15.2. The summed E-state index contributed by atoms with van der Waals surface area (Å²) >= 11 is 0. The van der Waals surface area contributed by atoms with E-state index in [2.05, 4.69) is 37.9 Å². The van der Waals surface area contributed by atoms with Crippen LogP contribution in [0.4, 0.5) is 0 Å². The molecule has 116 valence electrons. The van der Waals surface area contributed by atoms with Gasteiger partial charge in [0.15, 0.2) is 0 Å². The van der Waals surface area contributed by atoms with Gasteiger partial charge in [0, 0.05) is 18.6 Å². The van der Waals surface area contributed by atoms with Crippen LogP contribution in [0.2, 0.25) is 0 Å². The van der Waals surface area contributed by atoms with Crippen LogP contribution in [0.3, 0.4) is 0 Å². The van der Waals surface area contributed by atoms with Crippen LogP contribution in [-0.4, -0.2) is 36.6 Å². The van der Waals surface area contributed by atoms with Crippen molar-refractivity contribution < 1.29 is 0 Å². The highest BCUT2D eigenvalue weighted by Crippen LogP contribution is 2.64. The van der Waals surface area contributed by atoms with Gasteiger partial charge in [0.25, 0.3) is 0 Å². The van der Waals surface area contributed by atoms with Gasteiger partial charge in [-0.15, -0.1) is 0 Å². The summed E-state index contributed by atoms with van der Waals surface area (Å²) < 4.78 is 0. The van der Waals surface area contributed by atoms with E-state index in [9.17, 15) is 0 Å². The predicted molar refractivity (Wildman–Crippen MR) is 85.9 cm³/mol. The Morgan fingerprint density at radius 3 is 2.70 bits per heavy atom. The van der Waals surface area contributed by atoms with Crippen molar-refractivity contribution in [1.82, 2.24) is 10.2 Å². The number of rotatable bonds is 3. The zero-order valence-electron chi connectivity index (χ0n) is 14.0. The van der Waals surface area contributed by atoms with Gasteiger partial charge in [0.05, 0.1) is 0 Å². The molecule has 2 bridgehead atoms. The summed E-state index contributed by atoms with van der Waals surface area (Å²) in [5, 5.41) is 3.78. The van der Waals surface area contributed by atoms with E-state index in [1.54, 1.807) is 0 Å². The van der Waals surface area contributed by atoms with Gasteiger partial charge in [-0.25, -0.2) is 0 Å². The van der Waals surface area contributed by atoms with E-state index in [0.717, 1.165) is 18.0 Å². The van der Waals surface area contributed by atoms with Crippen molar-refractivity contribution >= 4 is 0 Å². The Morgan fingerprint density at radius 2 is 2.05 bits per heavy atom. The Hall–Kier alpha value is -0.0800. The Balaban J connectivity index is 1.79. The summed E-state index contributed by atoms with van der Waals surface area (Å²) in [5.41, 5.74) is 1.11. The summed E-state index contributed by atoms with van der Waals surface area (Å²) in [6, 6.07) is 1.54. The standard InChI is InChI=1S/C18H34N2/c1-5-7-15-13-20(11-6-10-19-15)16-17(2,3)14-8-9-18(16,4)12-14/h14-16,19H,5-13H2,1-4H3. The first-order valence-electron chi connectivity index (χ1n) is 8.95. The summed E-state index contributed by atoms with van der Waals surface area (Å²) in [5.74, 6) is 0.971. The highest BCUT2D eigenvalue weighted by molar-refractivity contribution is 5.13. The van der Waals surface area contributed by atoms with E-state index in [1.165, 1.54) is 58.2 Å². The van der Waals surface area contributed by atoms with E-state index in [0.29, 0.717) is 10.8 Å². The van der Waals surface area contributed by atoms with Gasteiger partial charge < -0.3 is 5.32 Å². The minimum absolute atomic E-state index is 0.522. The van der Waals surface area contributed by atoms with Gasteiger partial charge in [-0.2, -0.15) is 0 Å². The topological polar surface area (TPSA) is 15.3 Å². The second kappa shape index (κ2) is 5.28. The molecule has 1 N–H and O–H groups in total. The fourth-order valence-corrected chi connectivity index (χ4v) is 5.99. The van der Waals surface area contributed by atoms with E-state index in [-0.39, 0.29) is 0 Å². The van der Waals surface area contributed by atoms with Gasteiger partial charge in [-0.1, -0.05) is 34.1 Å². The average molecular weight is 278 g/mol. The third-order valence-electron chi connectivity index (χ3n) is 6.71. The van der Waals surface area contributed by atoms with Gasteiger partial charge in [0.2, 0.25) is 0 Å². The molecule has 1 aliphatic heterocycles. The van der Waals surface area contributed by atoms with Crippen LogP contribution in [0.1, 0.15) is 66.2 Å². The first-order chi connectivity index (χ1) is 9.47. The van der Waals surface area contributed by atoms with Gasteiger partial charge in [-0.05, 0) is 61.9 Å². The summed E-state index contributed by atoms with van der Waals surface area (Å²) in [6.07, 6.45) is 8.39. The quantitative estimate of drug-likeness (QED) is 0.847. The normalized spacial score (nSPS) is 44.7. The summed E-state index contributed by atoms with van der Waals surface area (Å²) in [7, 11) is 0. The number of nitrogens with one attached hydrogen (secondary N) is 1. The molecule has 0 spiro atoms. The molecule has 3 rings (SSSR count). The SMILES string of the molecule is CCCC1CN(C2C3(C)CCC(C3)C2(C)C)CCCN1. The molecule has 2 aliphatic carbocycles. The van der Waals surface area contributed by atoms with Gasteiger partial charge >= 0.3 is 0 Å². The number of nitrogens with zero attached hydrogens (tertiary/aromatic N) is 1. The van der Waals surface area contributed by atoms with Crippen molar-refractivity contribution in [3.63, 3.8) is 0 Å². The molecule has 2 heteroatoms. The molecule has 20 heavy (non-hydrogen) atoms. The van der Waals surface area contributed by atoms with Crippen LogP contribution in [0.15, 0.2) is 0 Å². The lowest BCUT2D eigenvalue weighted by atomic mass is 9.67. The average Bonchev–Trinajstić information content (AvgIpc) is 2.73. The molecule has 3 aliphatic rings. The maximum Gasteiger partial charge on any atom is 0.0204 e. The van der Waals surface area contributed by atoms with Crippen molar-refractivity contribution in [1.29, 1.82) is 0 Å². The molecule has 1 heterocycles. The monoisotopic (exact) mass is 278 g/mol. The number of hydrogen-bond donors (Lipinski definition) is 1. The van der Waals surface area contributed by atoms with Crippen LogP contribution in [0.25, 0.3) is 0 Å². The van der Waals surface area contributed by atoms with E-state index in [4.69, 9.17) is 0 Å². The minimum Gasteiger partial charge on any atom is -0.313 e. The molecule has 0 amide bonds. The van der Waals surface area contributed by atoms with Crippen molar-refractivity contribution in [3.8, 4) is 0 Å². The smallest absolute Gasteiger partial charge is 0.0204 e. The minimum atomic E-state index is 0.522. The van der Waals surface area contributed by atoms with Crippen LogP contribution in [0.5, 0.6) is 0 Å². The summed E-state index contributed by atoms with van der Waals surface area (Å²) in [6.45, 7) is 13.8. The Kier molecular flexibility index (Phi) is 3.92. The zero-order chi connectivity index (χ0) is 14.4. The third kappa shape index (κ3) is 2.33. The van der Waals surface area contributed by atoms with Crippen molar-refractivity contribution in [2.24, 2.45) is 16.7 Å². The molecule has 0 aromatic carbocycles. The number of hydrogen-bond acceptors (Lipinski definition) is 2. The molecular formula is C18H34N2. The fraction of sp³-hybridized carbons (Fsp3) is 1.00. The van der Waals surface area contributed by atoms with Crippen LogP contribution >= 0.6 is 0 Å². The predicted octanol–water partition coefficient (Wildman–Crippen LogP) is 3.67. The van der Waals surface area contributed by atoms with E-state index < -0.39 is 0 Å². The Labute approximate surface area is 125 Å². The molecule has 0 aromatic rings. The van der Waals surface area contributed by atoms with Crippen molar-refractivity contribution in [3.05, 3.63) is 0 Å². The second-order valence-corrected chi connectivity index (χ2v) is 8.61. The number of fused-ring (bicyclic) bond motifs is 2. The fourth-order valence-electron chi connectivity index (χ4n) is 5.99. The van der Waals surface area contributed by atoms with Crippen molar-refractivity contribution in [2.45, 2.75) is 78.3 Å². The highest BCUT2D eigenvalue weighted by Gasteiger charge is 2.60. The largest absolute Gasteiger partial charge is 0.313 e. The van der Waals surface area contributed by atoms with Crippen molar-refractivity contribution in [2.75, 3.05) is 19.6 Å². The lowest BCUT2D eigenvalue weighted by Gasteiger charge is -2.49. The molecule has 1 saturated heterocycles. The maximum atomic E-state index is 3.78. The van der Waals surface area contributed by atoms with Gasteiger partial charge in [-0.3, -0.25) is 4.90 Å². The van der Waals surface area contributed by atoms with Crippen LogP contribution in [0, 0.1) is 16.7 Å². The first-order valence-corrected chi connectivity index (χ1v) is 8.95. The van der Waals surface area contributed by atoms with Gasteiger partial charge in [0.1, 0.15) is 0 Å². The lowest BCUT2D eigenvalue weighted by molar-refractivity contribution is 0.00252. The first kappa shape index (κ1) is 14.8. The molecule has 0 aromatic heterocycles. The molecule has 0 radical (unpaired) electrons. The molecular weight excluding hydrogens is 244 g/mol. The lowest BCUT2D eigenvalue weighted by Crippen LogP contribution is -2.54. The zero-order valence-corrected chi connectivity index (χ0v) is 14.0. The Morgan fingerprint density at radius 1 is 1.25 bits per heavy atom. The van der Waals surface area contributed by atoms with Crippen LogP contribution in [-0.2, 0) is 0 Å². The van der Waals surface area contributed by atoms with E-state index >= 15 is 0 Å². The second-order valence-electron chi connectivity index (χ2n) is 8.61. The molecule has 4 atom stereocenters. The van der Waals surface area contributed by atoms with Crippen LogP contribution < -0.4 is 5.32 Å². The third-order valence-corrected chi connectivity index (χ3v) is 6.71. The molecule has 3 fully saturated rings. The molecule has 2 nitrogen and oxygen atoms in total. The summed E-state index contributed by atoms with van der Waals surface area (Å²) in [4.78, 5) is 2.89. The molecule has 4 unspecified atom stereocenters. The Bertz CT molecular complexity index is 347. The molecule has 2 saturated carbocycles.